The van der Waals surface area contributed by atoms with Gasteiger partial charge in [-0.1, -0.05) is 12.2 Å². The van der Waals surface area contributed by atoms with Crippen LogP contribution in [0.1, 0.15) is 12.8 Å². The molecule has 0 spiro atoms. The van der Waals surface area contributed by atoms with Crippen LogP contribution in [0.15, 0.2) is 12.2 Å². The Labute approximate surface area is 240 Å². The SMILES string of the molecule is CSCC[C@@H](N)C(=O)OCN1C(=O)[C@@H]2[C@@H]3C=C[C@@H]([C@@H]2C1=O)[C@H]1[C@H]2C(=O)N(COC(=O)[C@H](N)CCSC)C(=O)[C@@H]2[C@H]31. The summed E-state index contributed by atoms with van der Waals surface area (Å²) in [4.78, 5) is 79.9. The van der Waals surface area contributed by atoms with Crippen molar-refractivity contribution in [2.24, 2.45) is 58.8 Å². The summed E-state index contributed by atoms with van der Waals surface area (Å²) in [5.74, 6) is -5.74. The molecular weight excluding hydrogens is 560 g/mol. The first-order valence-electron chi connectivity index (χ1n) is 13.3. The first kappa shape index (κ1) is 29.1. The third-order valence-electron chi connectivity index (χ3n) is 9.07. The topological polar surface area (TPSA) is 179 Å². The number of carbonyl (C=O) groups is 6. The highest BCUT2D eigenvalue weighted by molar-refractivity contribution is 7.98. The van der Waals surface area contributed by atoms with Gasteiger partial charge in [0.05, 0.1) is 23.7 Å². The lowest BCUT2D eigenvalue weighted by Crippen LogP contribution is -2.63. The summed E-state index contributed by atoms with van der Waals surface area (Å²) in [6, 6.07) is -1.69. The molecule has 6 aliphatic rings. The molecule has 2 saturated heterocycles. The lowest BCUT2D eigenvalue weighted by Gasteiger charge is -2.60. The molecule has 14 heteroatoms. The Balaban J connectivity index is 1.25. The van der Waals surface area contributed by atoms with E-state index in [9.17, 15) is 28.8 Å². The van der Waals surface area contributed by atoms with E-state index >= 15 is 0 Å². The Morgan fingerprint density at radius 2 is 1.07 bits per heavy atom. The van der Waals surface area contributed by atoms with Crippen LogP contribution in [0.4, 0.5) is 0 Å². The lowest BCUT2D eigenvalue weighted by atomic mass is 9.40. The van der Waals surface area contributed by atoms with E-state index in [1.54, 1.807) is 23.5 Å². The second-order valence-corrected chi connectivity index (χ2v) is 12.9. The Hall–Kier alpha value is -2.42. The molecule has 2 bridgehead atoms. The molecule has 2 saturated carbocycles. The molecule has 6 rings (SSSR count). The molecule has 2 heterocycles. The molecule has 40 heavy (non-hydrogen) atoms. The first-order valence-corrected chi connectivity index (χ1v) is 16.1. The highest BCUT2D eigenvalue weighted by Gasteiger charge is 2.75. The molecule has 0 radical (unpaired) electrons. The van der Waals surface area contributed by atoms with E-state index in [-0.39, 0.29) is 11.8 Å². The van der Waals surface area contributed by atoms with E-state index in [0.29, 0.717) is 24.3 Å². The van der Waals surface area contributed by atoms with Gasteiger partial charge < -0.3 is 20.9 Å². The number of ether oxygens (including phenoxy) is 2. The molecule has 4 fully saturated rings. The van der Waals surface area contributed by atoms with Gasteiger partial charge in [-0.15, -0.1) is 0 Å². The zero-order valence-corrected chi connectivity index (χ0v) is 23.9. The number of likely N-dealkylation sites (tertiary alicyclic amines) is 2. The number of rotatable bonds is 12. The van der Waals surface area contributed by atoms with Gasteiger partial charge in [0.2, 0.25) is 23.6 Å². The fourth-order valence-corrected chi connectivity index (χ4v) is 8.15. The first-order chi connectivity index (χ1) is 19.1. The average Bonchev–Trinajstić information content (AvgIpc) is 3.30. The lowest BCUT2D eigenvalue weighted by molar-refractivity contribution is -0.166. The molecule has 0 aromatic carbocycles. The number of carbonyl (C=O) groups excluding carboxylic acids is 6. The van der Waals surface area contributed by atoms with Gasteiger partial charge in [-0.2, -0.15) is 23.5 Å². The van der Waals surface area contributed by atoms with E-state index in [0.717, 1.165) is 9.80 Å². The van der Waals surface area contributed by atoms with Crippen LogP contribution in [0.2, 0.25) is 0 Å². The van der Waals surface area contributed by atoms with Crippen molar-refractivity contribution in [2.75, 3.05) is 37.5 Å². The van der Waals surface area contributed by atoms with Gasteiger partial charge in [0.15, 0.2) is 13.5 Å². The van der Waals surface area contributed by atoms with Crippen LogP contribution in [0, 0.1) is 47.3 Å². The van der Waals surface area contributed by atoms with Crippen molar-refractivity contribution in [1.82, 2.24) is 9.80 Å². The molecule has 2 aliphatic heterocycles. The summed E-state index contributed by atoms with van der Waals surface area (Å²) in [5.41, 5.74) is 11.7. The average molecular weight is 595 g/mol. The van der Waals surface area contributed by atoms with Crippen molar-refractivity contribution in [1.29, 1.82) is 0 Å². The summed E-state index contributed by atoms with van der Waals surface area (Å²) < 4.78 is 10.4. The highest BCUT2D eigenvalue weighted by atomic mass is 32.2. The molecule has 0 aromatic heterocycles. The van der Waals surface area contributed by atoms with Crippen LogP contribution in [0.3, 0.4) is 0 Å². The van der Waals surface area contributed by atoms with E-state index in [2.05, 4.69) is 0 Å². The minimum Gasteiger partial charge on any atom is -0.443 e. The Morgan fingerprint density at radius 3 is 1.43 bits per heavy atom. The van der Waals surface area contributed by atoms with Crippen LogP contribution >= 0.6 is 23.5 Å². The summed E-state index contributed by atoms with van der Waals surface area (Å²) in [6.07, 6.45) is 8.38. The zero-order valence-electron chi connectivity index (χ0n) is 22.3. The third-order valence-corrected chi connectivity index (χ3v) is 10.4. The number of nitrogens with zero attached hydrogens (tertiary/aromatic N) is 2. The number of imide groups is 2. The number of nitrogens with two attached hydrogens (primary N) is 2. The van der Waals surface area contributed by atoms with Gasteiger partial charge in [-0.3, -0.25) is 28.8 Å². The van der Waals surface area contributed by atoms with Crippen LogP contribution in [-0.4, -0.2) is 94.9 Å². The van der Waals surface area contributed by atoms with E-state index in [1.165, 1.54) is 0 Å². The van der Waals surface area contributed by atoms with Crippen LogP contribution in [0.5, 0.6) is 0 Å². The number of hydrogen-bond acceptors (Lipinski definition) is 12. The number of hydrogen-bond donors (Lipinski definition) is 2. The molecule has 218 valence electrons. The molecule has 12 nitrogen and oxygen atoms in total. The number of esters is 2. The predicted molar refractivity (Wildman–Crippen MR) is 145 cm³/mol. The van der Waals surface area contributed by atoms with Crippen LogP contribution in [0.25, 0.3) is 0 Å². The number of fused-ring (bicyclic) bond motifs is 1. The van der Waals surface area contributed by atoms with Crippen molar-refractivity contribution in [3.63, 3.8) is 0 Å². The number of thioether (sulfide) groups is 2. The Morgan fingerprint density at radius 1 is 0.725 bits per heavy atom. The maximum absolute atomic E-state index is 13.4. The van der Waals surface area contributed by atoms with Crippen molar-refractivity contribution < 1.29 is 38.2 Å². The molecule has 4 aliphatic carbocycles. The summed E-state index contributed by atoms with van der Waals surface area (Å²) >= 11 is 3.08. The van der Waals surface area contributed by atoms with Gasteiger partial charge in [0, 0.05) is 0 Å². The second-order valence-electron chi connectivity index (χ2n) is 11.0. The van der Waals surface area contributed by atoms with Gasteiger partial charge >= 0.3 is 11.9 Å². The van der Waals surface area contributed by atoms with E-state index in [4.69, 9.17) is 20.9 Å². The largest absolute Gasteiger partial charge is 0.443 e. The highest BCUT2D eigenvalue weighted by Crippen LogP contribution is 2.68. The second kappa shape index (κ2) is 11.5. The molecule has 10 atom stereocenters. The minimum atomic E-state index is -0.846. The standard InChI is InChI=1S/C26H34N4O8S2/c1-39-7-5-13(27)25(35)37-9-29-21(31)17-11-3-4-12(18(17)22(29)32)16-15(11)19-20(16)24(34)30(23(19)33)10-38-26(36)14(28)6-8-40-2/h3-4,11-20H,5-10,27-28H2,1-2H3/t11-,12-,13-,14-,15-,16-,17-,18+,19-,20-/m1/s1. The van der Waals surface area contributed by atoms with Crippen LogP contribution < -0.4 is 11.5 Å². The van der Waals surface area contributed by atoms with Gasteiger partial charge in [-0.25, -0.2) is 9.80 Å². The fourth-order valence-electron chi connectivity index (χ4n) is 7.17. The molecule has 0 unspecified atom stereocenters. The van der Waals surface area contributed by atoms with Gasteiger partial charge in [0.1, 0.15) is 12.1 Å². The Bertz CT molecular complexity index is 1090. The maximum atomic E-state index is 13.4. The van der Waals surface area contributed by atoms with Crippen molar-refractivity contribution in [3.8, 4) is 0 Å². The summed E-state index contributed by atoms with van der Waals surface area (Å²) in [5, 5.41) is 0. The monoisotopic (exact) mass is 594 g/mol. The van der Waals surface area contributed by atoms with Crippen molar-refractivity contribution in [2.45, 2.75) is 24.9 Å². The smallest absolute Gasteiger partial charge is 0.324 e. The van der Waals surface area contributed by atoms with Gasteiger partial charge in [-0.05, 0) is 60.5 Å². The van der Waals surface area contributed by atoms with Gasteiger partial charge in [0.25, 0.3) is 0 Å². The summed E-state index contributed by atoms with van der Waals surface area (Å²) in [7, 11) is 0. The van der Waals surface area contributed by atoms with E-state index in [1.807, 2.05) is 24.7 Å². The molecule has 4 amide bonds. The predicted octanol–water partition coefficient (Wildman–Crippen LogP) is -0.587. The maximum Gasteiger partial charge on any atom is 0.324 e. The number of allylic oxidation sites excluding steroid dienone is 2. The fraction of sp³-hybridized carbons (Fsp3) is 0.692. The third kappa shape index (κ3) is 4.56. The van der Waals surface area contributed by atoms with Crippen molar-refractivity contribution >= 4 is 59.1 Å². The quantitative estimate of drug-likeness (QED) is 0.167. The molecule has 4 N–H and O–H groups in total. The molecule has 0 aromatic rings. The number of amides is 4. The zero-order chi connectivity index (χ0) is 28.9. The van der Waals surface area contributed by atoms with Crippen molar-refractivity contribution in [3.05, 3.63) is 12.2 Å². The Kier molecular flexibility index (Phi) is 8.33. The van der Waals surface area contributed by atoms with Crippen LogP contribution in [-0.2, 0) is 38.2 Å². The normalized spacial score (nSPS) is 34.8. The summed E-state index contributed by atoms with van der Waals surface area (Å²) in [6.45, 7) is -1.00. The minimum absolute atomic E-state index is 0.276. The van der Waals surface area contributed by atoms with E-state index < -0.39 is 96.6 Å². The molecular formula is C26H34N4O8S2.